The fourth-order valence-corrected chi connectivity index (χ4v) is 3.97. The van der Waals surface area contributed by atoms with Crippen LogP contribution in [0.5, 0.6) is 0 Å². The van der Waals surface area contributed by atoms with E-state index >= 15 is 0 Å². The second-order valence-electron chi connectivity index (χ2n) is 8.79. The van der Waals surface area contributed by atoms with Gasteiger partial charge < -0.3 is 9.30 Å². The van der Waals surface area contributed by atoms with Crippen molar-refractivity contribution in [3.8, 4) is 5.69 Å². The van der Waals surface area contributed by atoms with Crippen LogP contribution in [-0.4, -0.2) is 38.6 Å². The van der Waals surface area contributed by atoms with Gasteiger partial charge in [-0.3, -0.25) is 4.79 Å². The van der Waals surface area contributed by atoms with Crippen LogP contribution >= 0.6 is 0 Å². The van der Waals surface area contributed by atoms with Gasteiger partial charge in [-0.2, -0.15) is 0 Å². The van der Waals surface area contributed by atoms with Crippen molar-refractivity contribution in [3.63, 3.8) is 0 Å². The van der Waals surface area contributed by atoms with Crippen molar-refractivity contribution in [2.75, 3.05) is 6.54 Å². The molecule has 0 aliphatic carbocycles. The number of amides is 2. The van der Waals surface area contributed by atoms with Crippen LogP contribution in [-0.2, 0) is 22.4 Å². The molecule has 0 saturated carbocycles. The van der Waals surface area contributed by atoms with Crippen molar-refractivity contribution in [2.24, 2.45) is 0 Å². The second-order valence-corrected chi connectivity index (χ2v) is 8.79. The van der Waals surface area contributed by atoms with Gasteiger partial charge in [0.05, 0.1) is 17.1 Å². The Morgan fingerprint density at radius 2 is 2.00 bits per heavy atom. The number of nitrogens with zero attached hydrogens (tertiary/aromatic N) is 3. The first kappa shape index (κ1) is 19.4. The number of carbonyl (C=O) groups is 2. The molecule has 29 heavy (non-hydrogen) atoms. The Balaban J connectivity index is 1.61. The summed E-state index contributed by atoms with van der Waals surface area (Å²) in [6, 6.07) is 6.46. The number of hydrogen-bond acceptors (Lipinski definition) is 4. The highest BCUT2D eigenvalue weighted by Gasteiger charge is 2.32. The molecule has 2 amide bonds. The molecule has 1 saturated heterocycles. The molecule has 2 aliphatic heterocycles. The molecule has 2 aliphatic rings. The minimum absolute atomic E-state index is 0.279. The number of ether oxygens (including phenoxy) is 1. The molecule has 1 aromatic heterocycles. The zero-order valence-electron chi connectivity index (χ0n) is 17.5. The Labute approximate surface area is 171 Å². The standard InChI is InChI=1S/C23H27N3O3/c1-15-7-9-19-16(12-15)8-10-20-18(24-14-26(19)20)13-17-6-5-11-25(21(17)27)22(28)29-23(2,3)4/h7,9,12-14H,5-6,8,10-11H2,1-4H3/b17-13+. The summed E-state index contributed by atoms with van der Waals surface area (Å²) < 4.78 is 7.50. The maximum absolute atomic E-state index is 12.9. The van der Waals surface area contributed by atoms with Crippen LogP contribution in [0.15, 0.2) is 30.1 Å². The third-order valence-corrected chi connectivity index (χ3v) is 5.30. The molecule has 0 bridgehead atoms. The number of carbonyl (C=O) groups excluding carboxylic acids is 2. The maximum Gasteiger partial charge on any atom is 0.417 e. The number of fused-ring (bicyclic) bond motifs is 3. The second kappa shape index (κ2) is 7.17. The molecule has 2 aromatic rings. The Morgan fingerprint density at radius 1 is 1.21 bits per heavy atom. The molecule has 0 spiro atoms. The van der Waals surface area contributed by atoms with E-state index in [9.17, 15) is 9.59 Å². The van der Waals surface area contributed by atoms with Crippen molar-refractivity contribution < 1.29 is 14.3 Å². The molecule has 1 fully saturated rings. The number of likely N-dealkylation sites (tertiary alicyclic amines) is 1. The topological polar surface area (TPSA) is 64.4 Å². The summed E-state index contributed by atoms with van der Waals surface area (Å²) in [4.78, 5) is 31.1. The van der Waals surface area contributed by atoms with E-state index in [0.717, 1.165) is 36.3 Å². The number of hydrogen-bond donors (Lipinski definition) is 0. The highest BCUT2D eigenvalue weighted by atomic mass is 16.6. The lowest BCUT2D eigenvalue weighted by Gasteiger charge is -2.29. The summed E-state index contributed by atoms with van der Waals surface area (Å²) in [6.07, 6.45) is 6.30. The lowest BCUT2D eigenvalue weighted by atomic mass is 9.97. The number of piperidine rings is 1. The maximum atomic E-state index is 12.9. The summed E-state index contributed by atoms with van der Waals surface area (Å²) in [7, 11) is 0. The lowest BCUT2D eigenvalue weighted by molar-refractivity contribution is -0.127. The summed E-state index contributed by atoms with van der Waals surface area (Å²) >= 11 is 0. The van der Waals surface area contributed by atoms with Crippen molar-refractivity contribution in [3.05, 3.63) is 52.6 Å². The van der Waals surface area contributed by atoms with Gasteiger partial charge >= 0.3 is 6.09 Å². The van der Waals surface area contributed by atoms with Crippen molar-refractivity contribution in [1.29, 1.82) is 0 Å². The van der Waals surface area contributed by atoms with Gasteiger partial charge in [-0.05, 0) is 71.1 Å². The Kier molecular flexibility index (Phi) is 4.81. The van der Waals surface area contributed by atoms with Crippen molar-refractivity contribution in [1.82, 2.24) is 14.5 Å². The van der Waals surface area contributed by atoms with Crippen molar-refractivity contribution >= 4 is 18.1 Å². The molecule has 4 rings (SSSR count). The number of imide groups is 1. The van der Waals surface area contributed by atoms with Gasteiger partial charge in [-0.1, -0.05) is 17.7 Å². The number of aromatic nitrogens is 2. The molecular weight excluding hydrogens is 366 g/mol. The molecule has 1 aromatic carbocycles. The van der Waals surface area contributed by atoms with Gasteiger partial charge in [-0.25, -0.2) is 14.7 Å². The van der Waals surface area contributed by atoms with Gasteiger partial charge in [0, 0.05) is 12.1 Å². The zero-order chi connectivity index (χ0) is 20.8. The van der Waals surface area contributed by atoms with E-state index in [1.54, 1.807) is 20.8 Å². The van der Waals surface area contributed by atoms with E-state index < -0.39 is 11.7 Å². The number of benzene rings is 1. The quantitative estimate of drug-likeness (QED) is 0.681. The van der Waals surface area contributed by atoms with Gasteiger partial charge in [0.2, 0.25) is 0 Å². The number of aryl methyl sites for hydroxylation is 2. The monoisotopic (exact) mass is 393 g/mol. The molecule has 152 valence electrons. The van der Waals surface area contributed by atoms with Crippen LogP contribution in [0.1, 0.15) is 56.1 Å². The summed E-state index contributed by atoms with van der Waals surface area (Å²) in [5.41, 5.74) is 5.62. The van der Waals surface area contributed by atoms with Crippen LogP contribution in [0.3, 0.4) is 0 Å². The lowest BCUT2D eigenvalue weighted by Crippen LogP contribution is -2.44. The summed E-state index contributed by atoms with van der Waals surface area (Å²) in [6.45, 7) is 7.89. The first-order valence-electron chi connectivity index (χ1n) is 10.1. The van der Waals surface area contributed by atoms with Crippen LogP contribution in [0.25, 0.3) is 11.8 Å². The molecule has 0 unspecified atom stereocenters. The van der Waals surface area contributed by atoms with E-state index in [-0.39, 0.29) is 5.91 Å². The van der Waals surface area contributed by atoms with E-state index in [2.05, 4.69) is 34.7 Å². The van der Waals surface area contributed by atoms with E-state index in [4.69, 9.17) is 4.74 Å². The number of imidazole rings is 1. The summed E-state index contributed by atoms with van der Waals surface area (Å²) in [5.74, 6) is -0.279. The van der Waals surface area contributed by atoms with E-state index in [1.165, 1.54) is 16.0 Å². The fraction of sp³-hybridized carbons (Fsp3) is 0.435. The zero-order valence-corrected chi connectivity index (χ0v) is 17.5. The minimum Gasteiger partial charge on any atom is -0.443 e. The molecule has 0 radical (unpaired) electrons. The first-order valence-corrected chi connectivity index (χ1v) is 10.1. The largest absolute Gasteiger partial charge is 0.443 e. The molecule has 6 nitrogen and oxygen atoms in total. The minimum atomic E-state index is -0.632. The van der Waals surface area contributed by atoms with E-state index in [0.29, 0.717) is 18.5 Å². The Hall–Kier alpha value is -2.89. The van der Waals surface area contributed by atoms with Crippen LogP contribution in [0, 0.1) is 6.92 Å². The van der Waals surface area contributed by atoms with Gasteiger partial charge in [0.15, 0.2) is 0 Å². The molecule has 3 heterocycles. The fourth-order valence-electron chi connectivity index (χ4n) is 3.97. The first-order chi connectivity index (χ1) is 13.7. The van der Waals surface area contributed by atoms with Crippen LogP contribution in [0.4, 0.5) is 4.79 Å². The molecule has 6 heteroatoms. The average molecular weight is 393 g/mol. The SMILES string of the molecule is Cc1ccc2c(c1)CCc1c(/C=C3\CCCN(C(=O)OC(C)(C)C)C3=O)ncn1-2. The highest BCUT2D eigenvalue weighted by molar-refractivity contribution is 6.05. The normalized spacial score (nSPS) is 17.9. The number of rotatable bonds is 1. The van der Waals surface area contributed by atoms with Gasteiger partial charge in [0.1, 0.15) is 11.9 Å². The highest BCUT2D eigenvalue weighted by Crippen LogP contribution is 2.29. The van der Waals surface area contributed by atoms with Crippen LogP contribution in [0.2, 0.25) is 0 Å². The smallest absolute Gasteiger partial charge is 0.417 e. The van der Waals surface area contributed by atoms with Gasteiger partial charge in [-0.15, -0.1) is 0 Å². The van der Waals surface area contributed by atoms with Crippen LogP contribution < -0.4 is 0 Å². The predicted octanol–water partition coefficient (Wildman–Crippen LogP) is 4.22. The Bertz CT molecular complexity index is 1010. The predicted molar refractivity (Wildman–Crippen MR) is 111 cm³/mol. The Morgan fingerprint density at radius 3 is 2.76 bits per heavy atom. The van der Waals surface area contributed by atoms with Gasteiger partial charge in [0.25, 0.3) is 5.91 Å². The van der Waals surface area contributed by atoms with E-state index in [1.807, 2.05) is 12.4 Å². The third kappa shape index (κ3) is 3.84. The molecular formula is C23H27N3O3. The summed E-state index contributed by atoms with van der Waals surface area (Å²) in [5, 5.41) is 0. The third-order valence-electron chi connectivity index (χ3n) is 5.30. The van der Waals surface area contributed by atoms with Crippen molar-refractivity contribution in [2.45, 2.75) is 59.0 Å². The average Bonchev–Trinajstić information content (AvgIpc) is 3.04. The molecule has 0 N–H and O–H groups in total. The molecule has 0 atom stereocenters.